The van der Waals surface area contributed by atoms with Crippen molar-refractivity contribution >= 4 is 18.2 Å². The van der Waals surface area contributed by atoms with Gasteiger partial charge in [0.25, 0.3) is 0 Å². The maximum Gasteiger partial charge on any atom is 0.313 e. The number of aromatic nitrogens is 2. The molecule has 1 heterocycles. The molecule has 0 bridgehead atoms. The summed E-state index contributed by atoms with van der Waals surface area (Å²) in [5, 5.41) is 7.27. The van der Waals surface area contributed by atoms with Gasteiger partial charge in [0, 0.05) is 11.6 Å². The van der Waals surface area contributed by atoms with E-state index in [1.54, 1.807) is 13.2 Å². The molecule has 82 valence electrons. The fourth-order valence-electron chi connectivity index (χ4n) is 1.28. The fourth-order valence-corrected chi connectivity index (χ4v) is 1.28. The van der Waals surface area contributed by atoms with E-state index >= 15 is 0 Å². The number of methoxy groups -OCH3 is 1. The smallest absolute Gasteiger partial charge is 0.313 e. The Bertz CT molecular complexity index is 505. The lowest BCUT2D eigenvalue weighted by atomic mass is 10.2. The van der Waals surface area contributed by atoms with Crippen LogP contribution in [0.5, 0.6) is 5.75 Å². The first-order valence-corrected chi connectivity index (χ1v) is 4.69. The Hall–Kier alpha value is -2.30. The van der Waals surface area contributed by atoms with Gasteiger partial charge in [0.2, 0.25) is 5.89 Å². The normalized spacial score (nSPS) is 10.8. The molecule has 0 aliphatic heterocycles. The van der Waals surface area contributed by atoms with Crippen molar-refractivity contribution in [2.24, 2.45) is 0 Å². The third kappa shape index (κ3) is 2.20. The van der Waals surface area contributed by atoms with Crippen LogP contribution in [0.3, 0.4) is 0 Å². The number of ether oxygens (including phenoxy) is 1. The first kappa shape index (κ1) is 10.2. The SMILES string of the molecule is COc1ccccc1C=Cc1nnc(N)o1. The van der Waals surface area contributed by atoms with Crippen molar-refractivity contribution in [2.75, 3.05) is 12.8 Å². The van der Waals surface area contributed by atoms with Gasteiger partial charge in [-0.05, 0) is 12.1 Å². The average molecular weight is 217 g/mol. The van der Waals surface area contributed by atoms with Crippen LogP contribution in [0.4, 0.5) is 6.01 Å². The van der Waals surface area contributed by atoms with Gasteiger partial charge in [0.1, 0.15) is 5.75 Å². The van der Waals surface area contributed by atoms with Gasteiger partial charge < -0.3 is 14.9 Å². The second-order valence-corrected chi connectivity index (χ2v) is 3.05. The highest BCUT2D eigenvalue weighted by molar-refractivity contribution is 5.69. The fraction of sp³-hybridized carbons (Fsp3) is 0.0909. The van der Waals surface area contributed by atoms with Crippen LogP contribution < -0.4 is 10.5 Å². The molecule has 2 N–H and O–H groups in total. The highest BCUT2D eigenvalue weighted by Crippen LogP contribution is 2.19. The zero-order valence-corrected chi connectivity index (χ0v) is 8.75. The Balaban J connectivity index is 2.23. The minimum Gasteiger partial charge on any atom is -0.496 e. The Labute approximate surface area is 92.5 Å². The summed E-state index contributed by atoms with van der Waals surface area (Å²) in [5.74, 6) is 1.15. The van der Waals surface area contributed by atoms with Crippen LogP contribution in [0, 0.1) is 0 Å². The monoisotopic (exact) mass is 217 g/mol. The van der Waals surface area contributed by atoms with Crippen molar-refractivity contribution in [1.82, 2.24) is 10.2 Å². The molecule has 0 fully saturated rings. The summed E-state index contributed by atoms with van der Waals surface area (Å²) in [5.41, 5.74) is 6.24. The number of benzene rings is 1. The first-order valence-electron chi connectivity index (χ1n) is 4.69. The highest BCUT2D eigenvalue weighted by Gasteiger charge is 1.99. The Morgan fingerprint density at radius 2 is 2.06 bits per heavy atom. The number of nitrogens with zero attached hydrogens (tertiary/aromatic N) is 2. The van der Waals surface area contributed by atoms with Gasteiger partial charge in [0.05, 0.1) is 7.11 Å². The molecule has 0 spiro atoms. The second kappa shape index (κ2) is 4.48. The molecule has 2 rings (SSSR count). The van der Waals surface area contributed by atoms with Crippen molar-refractivity contribution in [2.45, 2.75) is 0 Å². The van der Waals surface area contributed by atoms with E-state index < -0.39 is 0 Å². The van der Waals surface area contributed by atoms with Crippen LogP contribution in [-0.2, 0) is 0 Å². The van der Waals surface area contributed by atoms with Gasteiger partial charge in [-0.25, -0.2) is 0 Å². The summed E-state index contributed by atoms with van der Waals surface area (Å²) in [4.78, 5) is 0. The zero-order chi connectivity index (χ0) is 11.4. The van der Waals surface area contributed by atoms with Crippen molar-refractivity contribution < 1.29 is 9.15 Å². The number of hydrogen-bond donors (Lipinski definition) is 1. The summed E-state index contributed by atoms with van der Waals surface area (Å²) in [6.45, 7) is 0. The van der Waals surface area contributed by atoms with E-state index in [4.69, 9.17) is 14.9 Å². The van der Waals surface area contributed by atoms with E-state index in [9.17, 15) is 0 Å². The molecule has 5 heteroatoms. The van der Waals surface area contributed by atoms with E-state index in [1.165, 1.54) is 0 Å². The van der Waals surface area contributed by atoms with Gasteiger partial charge in [-0.3, -0.25) is 0 Å². The molecule has 0 aliphatic carbocycles. The lowest BCUT2D eigenvalue weighted by molar-refractivity contribution is 0.414. The maximum absolute atomic E-state index is 5.30. The van der Waals surface area contributed by atoms with E-state index in [1.807, 2.05) is 30.3 Å². The molecule has 0 radical (unpaired) electrons. The van der Waals surface area contributed by atoms with E-state index in [2.05, 4.69) is 10.2 Å². The van der Waals surface area contributed by atoms with Gasteiger partial charge in [-0.15, -0.1) is 5.10 Å². The predicted octanol–water partition coefficient (Wildman–Crippen LogP) is 1.83. The molecule has 0 unspecified atom stereocenters. The standard InChI is InChI=1S/C11H11N3O2/c1-15-9-5-3-2-4-8(9)6-7-10-13-14-11(12)16-10/h2-7H,1H3,(H2,12,14). The van der Waals surface area contributed by atoms with E-state index in [0.29, 0.717) is 5.89 Å². The number of rotatable bonds is 3. The van der Waals surface area contributed by atoms with Crippen molar-refractivity contribution in [1.29, 1.82) is 0 Å². The number of hydrogen-bond acceptors (Lipinski definition) is 5. The minimum absolute atomic E-state index is 0.0553. The van der Waals surface area contributed by atoms with Gasteiger partial charge in [-0.2, -0.15) is 0 Å². The maximum atomic E-state index is 5.30. The number of nitrogens with two attached hydrogens (primary N) is 1. The number of anilines is 1. The molecular weight excluding hydrogens is 206 g/mol. The largest absolute Gasteiger partial charge is 0.496 e. The molecule has 16 heavy (non-hydrogen) atoms. The predicted molar refractivity (Wildman–Crippen MR) is 60.6 cm³/mol. The van der Waals surface area contributed by atoms with E-state index in [-0.39, 0.29) is 6.01 Å². The molecule has 1 aromatic carbocycles. The van der Waals surface area contributed by atoms with Crippen LogP contribution >= 0.6 is 0 Å². The summed E-state index contributed by atoms with van der Waals surface area (Å²) in [6.07, 6.45) is 3.51. The molecule has 0 aliphatic rings. The molecule has 1 aromatic heterocycles. The van der Waals surface area contributed by atoms with Gasteiger partial charge in [-0.1, -0.05) is 23.3 Å². The topological polar surface area (TPSA) is 74.2 Å². The van der Waals surface area contributed by atoms with Gasteiger partial charge >= 0.3 is 6.01 Å². The Kier molecular flexibility index (Phi) is 2.86. The average Bonchev–Trinajstić information content (AvgIpc) is 2.73. The van der Waals surface area contributed by atoms with Crippen LogP contribution in [0.25, 0.3) is 12.2 Å². The van der Waals surface area contributed by atoms with Crippen molar-refractivity contribution in [3.05, 3.63) is 35.7 Å². The van der Waals surface area contributed by atoms with Gasteiger partial charge in [0.15, 0.2) is 0 Å². The lowest BCUT2D eigenvalue weighted by Gasteiger charge is -2.02. The third-order valence-corrected chi connectivity index (χ3v) is 2.00. The van der Waals surface area contributed by atoms with Crippen LogP contribution in [0.2, 0.25) is 0 Å². The quantitative estimate of drug-likeness (QED) is 0.848. The molecule has 0 amide bonds. The minimum atomic E-state index is 0.0553. The molecule has 0 atom stereocenters. The molecule has 0 saturated heterocycles. The van der Waals surface area contributed by atoms with Crippen LogP contribution in [0.1, 0.15) is 11.5 Å². The summed E-state index contributed by atoms with van der Waals surface area (Å²) >= 11 is 0. The molecular formula is C11H11N3O2. The summed E-state index contributed by atoms with van der Waals surface area (Å²) in [7, 11) is 1.62. The number of para-hydroxylation sites is 1. The summed E-state index contributed by atoms with van der Waals surface area (Å²) < 4.78 is 10.2. The van der Waals surface area contributed by atoms with Crippen molar-refractivity contribution in [3.8, 4) is 5.75 Å². The molecule has 0 saturated carbocycles. The Morgan fingerprint density at radius 1 is 1.25 bits per heavy atom. The molecule has 5 nitrogen and oxygen atoms in total. The van der Waals surface area contributed by atoms with Crippen LogP contribution in [-0.4, -0.2) is 17.3 Å². The zero-order valence-electron chi connectivity index (χ0n) is 8.75. The van der Waals surface area contributed by atoms with Crippen molar-refractivity contribution in [3.63, 3.8) is 0 Å². The highest BCUT2D eigenvalue weighted by atomic mass is 16.5. The van der Waals surface area contributed by atoms with Crippen LogP contribution in [0.15, 0.2) is 28.7 Å². The van der Waals surface area contributed by atoms with E-state index in [0.717, 1.165) is 11.3 Å². The second-order valence-electron chi connectivity index (χ2n) is 3.05. The third-order valence-electron chi connectivity index (χ3n) is 2.00. The summed E-state index contributed by atoms with van der Waals surface area (Å²) in [6, 6.07) is 7.68. The number of nitrogen functional groups attached to an aromatic ring is 1. The lowest BCUT2D eigenvalue weighted by Crippen LogP contribution is -1.85. The molecule has 2 aromatic rings. The first-order chi connectivity index (χ1) is 7.79. The Morgan fingerprint density at radius 3 is 2.75 bits per heavy atom.